The molecular weight excluding hydrogens is 460 g/mol. The van der Waals surface area contributed by atoms with Gasteiger partial charge in [0, 0.05) is 29.6 Å². The van der Waals surface area contributed by atoms with E-state index in [1.165, 1.54) is 30.4 Å². The topological polar surface area (TPSA) is 79.7 Å². The van der Waals surface area contributed by atoms with Crippen LogP contribution in [-0.2, 0) is 13.1 Å². The Kier molecular flexibility index (Phi) is 7.79. The Balaban J connectivity index is 1.55. The van der Waals surface area contributed by atoms with Crippen molar-refractivity contribution in [1.82, 2.24) is 30.1 Å². The van der Waals surface area contributed by atoms with E-state index in [4.69, 9.17) is 0 Å². The monoisotopic (exact) mass is 498 g/mol. The molecule has 1 aliphatic carbocycles. The molecule has 0 bridgehead atoms. The van der Waals surface area contributed by atoms with Crippen molar-refractivity contribution in [3.05, 3.63) is 87.0 Å². The third-order valence-corrected chi connectivity index (χ3v) is 7.73. The molecule has 0 unspecified atom stereocenters. The van der Waals surface area contributed by atoms with E-state index in [9.17, 15) is 4.79 Å². The number of aromatic nitrogens is 5. The first-order valence-corrected chi connectivity index (χ1v) is 13.7. The van der Waals surface area contributed by atoms with Crippen LogP contribution in [0.2, 0.25) is 0 Å². The summed E-state index contributed by atoms with van der Waals surface area (Å²) in [5.74, 6) is 0.925. The SMILES string of the molecule is CCC[C@H](c1nnnn1C1CCCCC1)N(Cc1ccccc1)Cc1cc2c(C)cc(C)cc2[nH]c1=O. The molecule has 5 rings (SSSR count). The van der Waals surface area contributed by atoms with Crippen molar-refractivity contribution in [3.63, 3.8) is 0 Å². The molecule has 0 saturated heterocycles. The van der Waals surface area contributed by atoms with Crippen molar-refractivity contribution in [1.29, 1.82) is 0 Å². The Morgan fingerprint density at radius 2 is 1.84 bits per heavy atom. The average Bonchev–Trinajstić information content (AvgIpc) is 3.38. The van der Waals surface area contributed by atoms with Crippen molar-refractivity contribution in [3.8, 4) is 0 Å². The van der Waals surface area contributed by atoms with Crippen LogP contribution in [0.4, 0.5) is 0 Å². The summed E-state index contributed by atoms with van der Waals surface area (Å²) in [5.41, 5.74) is 5.17. The van der Waals surface area contributed by atoms with Crippen LogP contribution in [0.3, 0.4) is 0 Å². The van der Waals surface area contributed by atoms with Gasteiger partial charge in [-0.3, -0.25) is 9.69 Å². The predicted octanol–water partition coefficient (Wildman–Crippen LogP) is 6.18. The molecule has 7 heteroatoms. The highest BCUT2D eigenvalue weighted by Crippen LogP contribution is 2.33. The molecule has 2 aromatic heterocycles. The maximum Gasteiger partial charge on any atom is 0.252 e. The van der Waals surface area contributed by atoms with Gasteiger partial charge in [0.2, 0.25) is 0 Å². The summed E-state index contributed by atoms with van der Waals surface area (Å²) >= 11 is 0. The Hall–Kier alpha value is -3.32. The fourth-order valence-electron chi connectivity index (χ4n) is 5.90. The van der Waals surface area contributed by atoms with Gasteiger partial charge in [-0.25, -0.2) is 4.68 Å². The van der Waals surface area contributed by atoms with Gasteiger partial charge < -0.3 is 4.98 Å². The summed E-state index contributed by atoms with van der Waals surface area (Å²) in [7, 11) is 0. The van der Waals surface area contributed by atoms with Gasteiger partial charge in [-0.05, 0) is 72.4 Å². The quantitative estimate of drug-likeness (QED) is 0.298. The van der Waals surface area contributed by atoms with Crippen molar-refractivity contribution in [2.45, 2.75) is 90.9 Å². The highest BCUT2D eigenvalue weighted by Gasteiger charge is 2.29. The summed E-state index contributed by atoms with van der Waals surface area (Å²) in [6.07, 6.45) is 7.90. The third kappa shape index (κ3) is 5.67. The molecule has 0 spiro atoms. The smallest absolute Gasteiger partial charge is 0.252 e. The molecule has 4 aromatic rings. The number of pyridine rings is 1. The fourth-order valence-corrected chi connectivity index (χ4v) is 5.90. The van der Waals surface area contributed by atoms with Crippen molar-refractivity contribution in [2.75, 3.05) is 0 Å². The first kappa shape index (κ1) is 25.3. The lowest BCUT2D eigenvalue weighted by Crippen LogP contribution is -2.33. The Labute approximate surface area is 218 Å². The number of rotatable bonds is 9. The number of nitrogens with zero attached hydrogens (tertiary/aromatic N) is 5. The van der Waals surface area contributed by atoms with Gasteiger partial charge in [0.1, 0.15) is 0 Å². The average molecular weight is 499 g/mol. The fraction of sp³-hybridized carbons (Fsp3) is 0.467. The molecule has 1 saturated carbocycles. The maximum atomic E-state index is 13.3. The molecule has 1 aliphatic rings. The van der Waals surface area contributed by atoms with Gasteiger partial charge in [-0.1, -0.05) is 69.0 Å². The van der Waals surface area contributed by atoms with E-state index in [1.807, 2.05) is 12.1 Å². The number of hydrogen-bond acceptors (Lipinski definition) is 5. The van der Waals surface area contributed by atoms with Gasteiger partial charge in [-0.15, -0.1) is 5.10 Å². The van der Waals surface area contributed by atoms with Gasteiger partial charge >= 0.3 is 0 Å². The first-order chi connectivity index (χ1) is 18.0. The van der Waals surface area contributed by atoms with Crippen LogP contribution in [0.15, 0.2) is 53.3 Å². The summed E-state index contributed by atoms with van der Waals surface area (Å²) in [6.45, 7) is 7.61. The molecule has 1 fully saturated rings. The zero-order valence-electron chi connectivity index (χ0n) is 22.3. The Bertz CT molecular complexity index is 1390. The number of aromatic amines is 1. The number of fused-ring (bicyclic) bond motifs is 1. The zero-order chi connectivity index (χ0) is 25.8. The second-order valence-electron chi connectivity index (χ2n) is 10.6. The minimum atomic E-state index is -0.0299. The highest BCUT2D eigenvalue weighted by molar-refractivity contribution is 5.83. The second kappa shape index (κ2) is 11.4. The van der Waals surface area contributed by atoms with Crippen LogP contribution in [-0.4, -0.2) is 30.1 Å². The standard InChI is InChI=1S/C30H38N6O/c1-4-11-28(29-32-33-34-36(29)25-14-9-6-10-15-25)35(19-23-12-7-5-8-13-23)20-24-18-26-22(3)16-21(2)17-27(26)31-30(24)37/h5,7-8,12-13,16-18,25,28H,4,6,9-11,14-15,19-20H2,1-3H3,(H,31,37)/t28-/m1/s1. The summed E-state index contributed by atoms with van der Waals surface area (Å²) in [6, 6.07) is 17.1. The van der Waals surface area contributed by atoms with E-state index in [2.05, 4.69) is 87.3 Å². The third-order valence-electron chi connectivity index (χ3n) is 7.73. The Morgan fingerprint density at radius 1 is 1.05 bits per heavy atom. The lowest BCUT2D eigenvalue weighted by atomic mass is 9.95. The van der Waals surface area contributed by atoms with Crippen LogP contribution >= 0.6 is 0 Å². The molecule has 0 amide bonds. The molecule has 37 heavy (non-hydrogen) atoms. The summed E-state index contributed by atoms with van der Waals surface area (Å²) < 4.78 is 2.09. The molecule has 2 aromatic carbocycles. The van der Waals surface area contributed by atoms with Crippen LogP contribution in [0.25, 0.3) is 10.9 Å². The van der Waals surface area contributed by atoms with Crippen molar-refractivity contribution < 1.29 is 0 Å². The van der Waals surface area contributed by atoms with E-state index >= 15 is 0 Å². The molecule has 1 N–H and O–H groups in total. The molecule has 0 aliphatic heterocycles. The zero-order valence-corrected chi connectivity index (χ0v) is 22.3. The van der Waals surface area contributed by atoms with Crippen LogP contribution in [0.5, 0.6) is 0 Å². The number of benzene rings is 2. The molecule has 1 atom stereocenters. The van der Waals surface area contributed by atoms with Crippen LogP contribution < -0.4 is 5.56 Å². The first-order valence-electron chi connectivity index (χ1n) is 13.7. The molecule has 194 valence electrons. The Morgan fingerprint density at radius 3 is 2.59 bits per heavy atom. The number of tetrazole rings is 1. The van der Waals surface area contributed by atoms with Crippen LogP contribution in [0.1, 0.15) is 92.0 Å². The van der Waals surface area contributed by atoms with E-state index in [1.54, 1.807) is 0 Å². The van der Waals surface area contributed by atoms with Gasteiger partial charge in [-0.2, -0.15) is 0 Å². The largest absolute Gasteiger partial charge is 0.322 e. The van der Waals surface area contributed by atoms with Gasteiger partial charge in [0.05, 0.1) is 12.1 Å². The maximum absolute atomic E-state index is 13.3. The van der Waals surface area contributed by atoms with E-state index in [0.717, 1.165) is 53.5 Å². The second-order valence-corrected chi connectivity index (χ2v) is 10.6. The minimum Gasteiger partial charge on any atom is -0.322 e. The number of aryl methyl sites for hydroxylation is 2. The number of nitrogens with one attached hydrogen (secondary N) is 1. The van der Waals surface area contributed by atoms with E-state index < -0.39 is 0 Å². The minimum absolute atomic E-state index is 0.0105. The number of hydrogen-bond donors (Lipinski definition) is 1. The van der Waals surface area contributed by atoms with Crippen LogP contribution in [0, 0.1) is 13.8 Å². The molecule has 2 heterocycles. The van der Waals surface area contributed by atoms with Crippen molar-refractivity contribution in [2.24, 2.45) is 0 Å². The number of H-pyrrole nitrogens is 1. The normalized spacial score (nSPS) is 15.5. The lowest BCUT2D eigenvalue weighted by Gasteiger charge is -2.32. The summed E-state index contributed by atoms with van der Waals surface area (Å²) in [5, 5.41) is 14.3. The molecule has 0 radical (unpaired) electrons. The molecule has 7 nitrogen and oxygen atoms in total. The van der Waals surface area contributed by atoms with Crippen molar-refractivity contribution >= 4 is 10.9 Å². The highest BCUT2D eigenvalue weighted by atomic mass is 16.1. The van der Waals surface area contributed by atoms with E-state index in [0.29, 0.717) is 19.1 Å². The molecular formula is C30H38N6O. The predicted molar refractivity (Wildman–Crippen MR) is 147 cm³/mol. The van der Waals surface area contributed by atoms with E-state index in [-0.39, 0.29) is 11.6 Å². The van der Waals surface area contributed by atoms with Gasteiger partial charge in [0.25, 0.3) is 5.56 Å². The lowest BCUT2D eigenvalue weighted by molar-refractivity contribution is 0.150. The van der Waals surface area contributed by atoms with Gasteiger partial charge in [0.15, 0.2) is 5.82 Å². The summed E-state index contributed by atoms with van der Waals surface area (Å²) in [4.78, 5) is 18.8.